The molecule has 2 amide bonds. The number of anilines is 1. The number of aromatic nitrogens is 1. The monoisotopic (exact) mass is 396 g/mol. The van der Waals surface area contributed by atoms with Gasteiger partial charge in [0.15, 0.2) is 0 Å². The summed E-state index contributed by atoms with van der Waals surface area (Å²) in [5.74, 6) is 0.388. The van der Waals surface area contributed by atoms with Crippen LogP contribution in [0.2, 0.25) is 0 Å². The first-order chi connectivity index (χ1) is 13.8. The zero-order valence-corrected chi connectivity index (χ0v) is 16.9. The third-order valence-electron chi connectivity index (χ3n) is 6.11. The Kier molecular flexibility index (Phi) is 4.76. The largest absolute Gasteiger partial charge is 0.360 e. The number of likely N-dealkylation sites (tertiary alicyclic amines) is 1. The molecule has 2 aromatic rings. The highest BCUT2D eigenvalue weighted by Gasteiger charge is 2.36. The summed E-state index contributed by atoms with van der Waals surface area (Å²) in [4.78, 5) is 32.5. The normalized spacial score (nSPS) is 22.9. The van der Waals surface area contributed by atoms with Crippen LogP contribution < -0.4 is 5.32 Å². The van der Waals surface area contributed by atoms with Crippen LogP contribution in [0.15, 0.2) is 36.5 Å². The number of amides is 2. The van der Waals surface area contributed by atoms with Gasteiger partial charge in [-0.3, -0.25) is 9.59 Å². The van der Waals surface area contributed by atoms with E-state index >= 15 is 0 Å². The summed E-state index contributed by atoms with van der Waals surface area (Å²) < 4.78 is 13.7. The number of halogens is 1. The lowest BCUT2D eigenvalue weighted by Crippen LogP contribution is -2.38. The molecule has 0 spiro atoms. The quantitative estimate of drug-likeness (QED) is 0.867. The van der Waals surface area contributed by atoms with Gasteiger partial charge in [-0.15, -0.1) is 0 Å². The smallest absolute Gasteiger partial charge is 0.255 e. The van der Waals surface area contributed by atoms with Gasteiger partial charge in [0, 0.05) is 39.7 Å². The summed E-state index contributed by atoms with van der Waals surface area (Å²) in [7, 11) is 1.77. The van der Waals surface area contributed by atoms with Crippen molar-refractivity contribution in [3.63, 3.8) is 0 Å². The van der Waals surface area contributed by atoms with Crippen molar-refractivity contribution in [1.29, 1.82) is 0 Å². The van der Waals surface area contributed by atoms with Gasteiger partial charge in [-0.1, -0.05) is 12.1 Å². The Balaban J connectivity index is 1.51. The van der Waals surface area contributed by atoms with E-state index in [9.17, 15) is 14.0 Å². The number of pyridine rings is 1. The molecule has 7 heteroatoms. The molecule has 152 valence electrons. The van der Waals surface area contributed by atoms with Crippen LogP contribution in [0.25, 0.3) is 0 Å². The lowest BCUT2D eigenvalue weighted by Gasteiger charge is -2.25. The zero-order chi connectivity index (χ0) is 20.8. The van der Waals surface area contributed by atoms with Gasteiger partial charge in [-0.05, 0) is 42.7 Å². The molecule has 4 rings (SSSR count). The predicted molar refractivity (Wildman–Crippen MR) is 108 cm³/mol. The molecule has 1 N–H and O–H groups in total. The first kappa shape index (κ1) is 19.4. The highest BCUT2D eigenvalue weighted by atomic mass is 19.1. The first-order valence-corrected chi connectivity index (χ1v) is 9.83. The van der Waals surface area contributed by atoms with Gasteiger partial charge in [-0.2, -0.15) is 0 Å². The Labute approximate surface area is 169 Å². The molecule has 0 unspecified atom stereocenters. The second-order valence-corrected chi connectivity index (χ2v) is 8.20. The van der Waals surface area contributed by atoms with Gasteiger partial charge < -0.3 is 15.1 Å². The van der Waals surface area contributed by atoms with Gasteiger partial charge in [0.2, 0.25) is 5.91 Å². The molecule has 0 radical (unpaired) electrons. The molecule has 3 heterocycles. The minimum Gasteiger partial charge on any atom is -0.360 e. The Morgan fingerprint density at radius 3 is 2.86 bits per heavy atom. The zero-order valence-electron chi connectivity index (χ0n) is 16.9. The molecule has 0 saturated carbocycles. The number of nitrogens with zero attached hydrogens (tertiary/aromatic N) is 3. The maximum absolute atomic E-state index is 13.7. The fourth-order valence-electron chi connectivity index (χ4n) is 4.25. The van der Waals surface area contributed by atoms with Crippen molar-refractivity contribution in [2.75, 3.05) is 25.5 Å². The van der Waals surface area contributed by atoms with Crippen LogP contribution in [0, 0.1) is 5.82 Å². The van der Waals surface area contributed by atoms with Crippen molar-refractivity contribution < 1.29 is 14.0 Å². The molecule has 2 aliphatic rings. The number of likely N-dealkylation sites (N-methyl/N-ethyl adjacent to an activating group) is 1. The maximum atomic E-state index is 13.7. The summed E-state index contributed by atoms with van der Waals surface area (Å²) in [5.41, 5.74) is 1.86. The number of hydrogen-bond donors (Lipinski definition) is 1. The topological polar surface area (TPSA) is 65.5 Å². The third-order valence-corrected chi connectivity index (χ3v) is 6.11. The number of hydrogen-bond acceptors (Lipinski definition) is 4. The van der Waals surface area contributed by atoms with E-state index in [1.54, 1.807) is 29.1 Å². The van der Waals surface area contributed by atoms with Gasteiger partial charge in [0.1, 0.15) is 11.6 Å². The average Bonchev–Trinajstić information content (AvgIpc) is 3.31. The van der Waals surface area contributed by atoms with E-state index in [1.165, 1.54) is 19.1 Å². The molecule has 6 nitrogen and oxygen atoms in total. The molecular weight excluding hydrogens is 371 g/mol. The third kappa shape index (κ3) is 3.57. The van der Waals surface area contributed by atoms with E-state index in [0.29, 0.717) is 25.1 Å². The van der Waals surface area contributed by atoms with Crippen molar-refractivity contribution in [1.82, 2.24) is 14.8 Å². The number of nitrogens with one attached hydrogen (secondary N) is 1. The Morgan fingerprint density at radius 1 is 1.34 bits per heavy atom. The Bertz CT molecular complexity index is 979. The Hall–Kier alpha value is -2.96. The summed E-state index contributed by atoms with van der Waals surface area (Å²) >= 11 is 0. The minimum atomic E-state index is -0.470. The summed E-state index contributed by atoms with van der Waals surface area (Å²) in [6, 6.07) is 8.48. The van der Waals surface area contributed by atoms with E-state index in [0.717, 1.165) is 23.4 Å². The second-order valence-electron chi connectivity index (χ2n) is 8.20. The lowest BCUT2D eigenvalue weighted by molar-refractivity contribution is -0.129. The van der Waals surface area contributed by atoms with E-state index in [4.69, 9.17) is 0 Å². The summed E-state index contributed by atoms with van der Waals surface area (Å²) in [6.45, 7) is 4.70. The number of fused-ring (bicyclic) bond motifs is 1. The van der Waals surface area contributed by atoms with Crippen LogP contribution in [0.5, 0.6) is 0 Å². The van der Waals surface area contributed by atoms with Crippen LogP contribution in [0.3, 0.4) is 0 Å². The van der Waals surface area contributed by atoms with E-state index in [-0.39, 0.29) is 23.7 Å². The van der Waals surface area contributed by atoms with Crippen LogP contribution in [0.1, 0.15) is 41.8 Å². The van der Waals surface area contributed by atoms with Crippen molar-refractivity contribution in [3.05, 3.63) is 59.0 Å². The maximum Gasteiger partial charge on any atom is 0.255 e. The fourth-order valence-corrected chi connectivity index (χ4v) is 4.25. The van der Waals surface area contributed by atoms with Crippen LogP contribution in [-0.4, -0.2) is 52.8 Å². The number of carbonyl (C=O) groups is 2. The highest BCUT2D eigenvalue weighted by molar-refractivity contribution is 5.95. The average molecular weight is 396 g/mol. The highest BCUT2D eigenvalue weighted by Crippen LogP contribution is 2.38. The van der Waals surface area contributed by atoms with Gasteiger partial charge in [-0.25, -0.2) is 9.37 Å². The minimum absolute atomic E-state index is 0.00575. The standard InChI is InChI=1S/C22H25FN4O2/c1-14(28)26(3)19-7-8-27(13-19)21(29)16-9-15-11-22(2,25-20(15)24-12-16)17-5-4-6-18(23)10-17/h4-6,9-10,12,19H,7-8,11,13H2,1-3H3,(H,24,25)/t19-,22-/m0/s1. The fraction of sp³-hybridized carbons (Fsp3) is 0.409. The number of rotatable bonds is 3. The van der Waals surface area contributed by atoms with Crippen molar-refractivity contribution in [2.24, 2.45) is 0 Å². The molecule has 0 aliphatic carbocycles. The Morgan fingerprint density at radius 2 is 2.14 bits per heavy atom. The molecule has 2 aliphatic heterocycles. The van der Waals surface area contributed by atoms with Crippen molar-refractivity contribution >= 4 is 17.6 Å². The number of benzene rings is 1. The molecular formula is C22H25FN4O2. The molecule has 1 aromatic heterocycles. The molecule has 1 saturated heterocycles. The molecule has 29 heavy (non-hydrogen) atoms. The van der Waals surface area contributed by atoms with E-state index in [1.807, 2.05) is 19.1 Å². The van der Waals surface area contributed by atoms with Crippen LogP contribution in [0.4, 0.5) is 10.2 Å². The van der Waals surface area contributed by atoms with Gasteiger partial charge in [0.25, 0.3) is 5.91 Å². The van der Waals surface area contributed by atoms with Crippen LogP contribution in [-0.2, 0) is 16.8 Å². The predicted octanol–water partition coefficient (Wildman–Crippen LogP) is 2.80. The van der Waals surface area contributed by atoms with E-state index < -0.39 is 5.54 Å². The molecule has 1 aromatic carbocycles. The second kappa shape index (κ2) is 7.13. The summed E-state index contributed by atoms with van der Waals surface area (Å²) in [6.07, 6.45) is 2.99. The van der Waals surface area contributed by atoms with Gasteiger partial charge >= 0.3 is 0 Å². The lowest BCUT2D eigenvalue weighted by atomic mass is 9.89. The van der Waals surface area contributed by atoms with Crippen molar-refractivity contribution in [3.8, 4) is 0 Å². The molecule has 1 fully saturated rings. The molecule has 2 atom stereocenters. The van der Waals surface area contributed by atoms with Crippen LogP contribution >= 0.6 is 0 Å². The summed E-state index contributed by atoms with van der Waals surface area (Å²) in [5, 5.41) is 3.38. The first-order valence-electron chi connectivity index (χ1n) is 9.83. The van der Waals surface area contributed by atoms with E-state index in [2.05, 4.69) is 10.3 Å². The van der Waals surface area contributed by atoms with Crippen molar-refractivity contribution in [2.45, 2.75) is 38.3 Å². The number of carbonyl (C=O) groups excluding carboxylic acids is 2. The van der Waals surface area contributed by atoms with Gasteiger partial charge in [0.05, 0.1) is 17.1 Å². The SMILES string of the molecule is CC(=O)N(C)[C@H]1CCN(C(=O)c2cnc3c(c2)C[C@@](C)(c2cccc(F)c2)N3)C1. The molecule has 0 bridgehead atoms.